The Morgan fingerprint density at radius 2 is 2.08 bits per heavy atom. The third-order valence-corrected chi connectivity index (χ3v) is 7.11. The fourth-order valence-electron chi connectivity index (χ4n) is 5.07. The number of carbonyl (C=O) groups excluding carboxylic acids is 1. The van der Waals surface area contributed by atoms with Gasteiger partial charge in [-0.1, -0.05) is 32.9 Å². The van der Waals surface area contributed by atoms with Gasteiger partial charge in [-0.3, -0.25) is 9.36 Å². The van der Waals surface area contributed by atoms with E-state index in [2.05, 4.69) is 31.1 Å². The first-order valence-corrected chi connectivity index (χ1v) is 8.80. The number of carbonyl (C=O) groups is 1. The molecule has 2 aliphatic rings. The van der Waals surface area contributed by atoms with E-state index < -0.39 is 0 Å². The Balaban J connectivity index is 1.54. The van der Waals surface area contributed by atoms with E-state index in [0.29, 0.717) is 5.92 Å². The predicted octanol–water partition coefficient (Wildman–Crippen LogP) is 2.66. The smallest absolute Gasteiger partial charge is 0.326 e. The molecule has 24 heavy (non-hydrogen) atoms. The molecule has 0 spiro atoms. The summed E-state index contributed by atoms with van der Waals surface area (Å²) in [5.41, 5.74) is 1.73. The lowest BCUT2D eigenvalue weighted by Crippen LogP contribution is -2.48. The van der Waals surface area contributed by atoms with Gasteiger partial charge in [0.15, 0.2) is 0 Å². The highest BCUT2D eigenvalue weighted by molar-refractivity contribution is 5.80. The summed E-state index contributed by atoms with van der Waals surface area (Å²) in [6, 6.07) is 7.68. The van der Waals surface area contributed by atoms with Crippen LogP contribution >= 0.6 is 0 Å². The van der Waals surface area contributed by atoms with E-state index in [1.54, 1.807) is 0 Å². The molecule has 5 nitrogen and oxygen atoms in total. The Hall–Kier alpha value is -2.04. The van der Waals surface area contributed by atoms with Crippen molar-refractivity contribution in [3.63, 3.8) is 0 Å². The van der Waals surface area contributed by atoms with E-state index in [1.807, 2.05) is 24.3 Å². The largest absolute Gasteiger partial charge is 0.351 e. The van der Waals surface area contributed by atoms with Crippen molar-refractivity contribution in [3.05, 3.63) is 34.7 Å². The van der Waals surface area contributed by atoms with Gasteiger partial charge in [0.1, 0.15) is 6.54 Å². The minimum atomic E-state index is -0.231. The Morgan fingerprint density at radius 3 is 2.75 bits per heavy atom. The zero-order valence-corrected chi connectivity index (χ0v) is 14.6. The number of nitrogens with one attached hydrogen (secondary N) is 2. The third-order valence-electron chi connectivity index (χ3n) is 7.11. The lowest BCUT2D eigenvalue weighted by Gasteiger charge is -2.39. The number of nitrogens with zero attached hydrogens (tertiary/aromatic N) is 1. The van der Waals surface area contributed by atoms with Crippen molar-refractivity contribution >= 4 is 16.9 Å². The van der Waals surface area contributed by atoms with Crippen LogP contribution in [0.5, 0.6) is 0 Å². The van der Waals surface area contributed by atoms with Crippen molar-refractivity contribution in [2.75, 3.05) is 0 Å². The predicted molar refractivity (Wildman–Crippen MR) is 93.7 cm³/mol. The lowest BCUT2D eigenvalue weighted by molar-refractivity contribution is -0.123. The summed E-state index contributed by atoms with van der Waals surface area (Å²) in [5, 5.41) is 3.22. The van der Waals surface area contributed by atoms with E-state index >= 15 is 0 Å². The van der Waals surface area contributed by atoms with Crippen molar-refractivity contribution in [2.45, 2.75) is 52.6 Å². The van der Waals surface area contributed by atoms with Gasteiger partial charge in [-0.25, -0.2) is 4.79 Å². The van der Waals surface area contributed by atoms with Crippen LogP contribution in [0.1, 0.15) is 40.0 Å². The molecule has 2 bridgehead atoms. The van der Waals surface area contributed by atoms with Gasteiger partial charge in [0.05, 0.1) is 11.0 Å². The second kappa shape index (κ2) is 4.98. The van der Waals surface area contributed by atoms with E-state index in [9.17, 15) is 9.59 Å². The monoisotopic (exact) mass is 327 g/mol. The highest BCUT2D eigenvalue weighted by atomic mass is 16.2. The maximum Gasteiger partial charge on any atom is 0.326 e. The van der Waals surface area contributed by atoms with E-state index in [-0.39, 0.29) is 35.0 Å². The Morgan fingerprint density at radius 1 is 1.33 bits per heavy atom. The average Bonchev–Trinajstić information content (AvgIpc) is 3.02. The highest BCUT2D eigenvalue weighted by Crippen LogP contribution is 2.65. The molecule has 2 saturated carbocycles. The molecule has 2 N–H and O–H groups in total. The zero-order chi connectivity index (χ0) is 17.1. The van der Waals surface area contributed by atoms with E-state index in [0.717, 1.165) is 17.5 Å². The summed E-state index contributed by atoms with van der Waals surface area (Å²) in [7, 11) is 0. The summed E-state index contributed by atoms with van der Waals surface area (Å²) in [4.78, 5) is 27.5. The van der Waals surface area contributed by atoms with E-state index in [4.69, 9.17) is 0 Å². The van der Waals surface area contributed by atoms with Crippen LogP contribution in [-0.2, 0) is 11.3 Å². The normalized spacial score (nSPS) is 30.8. The molecule has 0 aliphatic heterocycles. The molecule has 4 rings (SSSR count). The SMILES string of the molecule is CC1(C)C2CCC1(C)C(NC(=O)Cn1c(=O)[nH]c3ccccc31)C2. The second-order valence-corrected chi connectivity index (χ2v) is 8.26. The number of aromatic amines is 1. The molecular weight excluding hydrogens is 302 g/mol. The van der Waals surface area contributed by atoms with Crippen LogP contribution in [0.15, 0.2) is 29.1 Å². The fraction of sp³-hybridized carbons (Fsp3) is 0.579. The maximum absolute atomic E-state index is 12.6. The number of rotatable bonds is 3. The molecule has 3 unspecified atom stereocenters. The summed E-state index contributed by atoms with van der Waals surface area (Å²) in [5.74, 6) is 0.611. The van der Waals surface area contributed by atoms with Gasteiger partial charge in [-0.05, 0) is 48.1 Å². The average molecular weight is 327 g/mol. The molecule has 2 aromatic rings. The molecule has 2 aliphatic carbocycles. The minimum absolute atomic E-state index is 0.0700. The van der Waals surface area contributed by atoms with Crippen molar-refractivity contribution in [2.24, 2.45) is 16.7 Å². The standard InChI is InChI=1S/C19H25N3O2/c1-18(2)12-8-9-19(18,3)15(10-12)21-16(23)11-22-14-7-5-4-6-13(14)20-17(22)24/h4-7,12,15H,8-11H2,1-3H3,(H,20,24)(H,21,23). The van der Waals surface area contributed by atoms with Crippen LogP contribution in [0, 0.1) is 16.7 Å². The molecule has 0 saturated heterocycles. The summed E-state index contributed by atoms with van der Waals surface area (Å²) < 4.78 is 1.52. The Bertz CT molecular complexity index is 863. The number of aromatic nitrogens is 2. The number of hydrogen-bond acceptors (Lipinski definition) is 2. The lowest BCUT2D eigenvalue weighted by atomic mass is 9.69. The first kappa shape index (κ1) is 15.5. The second-order valence-electron chi connectivity index (χ2n) is 8.26. The molecule has 1 aromatic heterocycles. The summed E-state index contributed by atoms with van der Waals surface area (Å²) in [6.45, 7) is 7.05. The number of hydrogen-bond donors (Lipinski definition) is 2. The van der Waals surface area contributed by atoms with Gasteiger partial charge in [0.25, 0.3) is 0 Å². The number of amides is 1. The Labute approximate surface area is 141 Å². The number of fused-ring (bicyclic) bond motifs is 3. The molecule has 1 aromatic carbocycles. The van der Waals surface area contributed by atoms with Crippen molar-refractivity contribution in [3.8, 4) is 0 Å². The molecule has 128 valence electrons. The van der Waals surface area contributed by atoms with Gasteiger partial charge in [-0.2, -0.15) is 0 Å². The summed E-state index contributed by atoms with van der Waals surface area (Å²) in [6.07, 6.45) is 3.48. The van der Waals surface area contributed by atoms with Gasteiger partial charge >= 0.3 is 5.69 Å². The molecular formula is C19H25N3O2. The molecule has 5 heteroatoms. The van der Waals surface area contributed by atoms with Crippen molar-refractivity contribution < 1.29 is 4.79 Å². The van der Waals surface area contributed by atoms with Gasteiger partial charge in [-0.15, -0.1) is 0 Å². The molecule has 1 amide bonds. The van der Waals surface area contributed by atoms with Crippen LogP contribution in [0.3, 0.4) is 0 Å². The maximum atomic E-state index is 12.6. The fourth-order valence-corrected chi connectivity index (χ4v) is 5.07. The first-order chi connectivity index (χ1) is 11.3. The first-order valence-electron chi connectivity index (χ1n) is 8.80. The number of imidazole rings is 1. The van der Waals surface area contributed by atoms with Crippen LogP contribution in [0.2, 0.25) is 0 Å². The van der Waals surface area contributed by atoms with Gasteiger partial charge < -0.3 is 10.3 Å². The van der Waals surface area contributed by atoms with Crippen LogP contribution in [0.4, 0.5) is 0 Å². The van der Waals surface area contributed by atoms with Crippen molar-refractivity contribution in [1.82, 2.24) is 14.9 Å². The minimum Gasteiger partial charge on any atom is -0.351 e. The van der Waals surface area contributed by atoms with Crippen LogP contribution < -0.4 is 11.0 Å². The molecule has 2 fully saturated rings. The zero-order valence-electron chi connectivity index (χ0n) is 14.6. The van der Waals surface area contributed by atoms with Crippen LogP contribution in [0.25, 0.3) is 11.0 Å². The number of para-hydroxylation sites is 2. The van der Waals surface area contributed by atoms with E-state index in [1.165, 1.54) is 17.4 Å². The molecule has 1 heterocycles. The molecule has 0 radical (unpaired) electrons. The van der Waals surface area contributed by atoms with Crippen molar-refractivity contribution in [1.29, 1.82) is 0 Å². The van der Waals surface area contributed by atoms with Gasteiger partial charge in [0.2, 0.25) is 5.91 Å². The number of H-pyrrole nitrogens is 1. The quantitative estimate of drug-likeness (QED) is 0.910. The highest BCUT2D eigenvalue weighted by Gasteiger charge is 2.61. The third kappa shape index (κ3) is 2.00. The topological polar surface area (TPSA) is 66.9 Å². The Kier molecular flexibility index (Phi) is 3.21. The van der Waals surface area contributed by atoms with Gasteiger partial charge in [0, 0.05) is 6.04 Å². The summed E-state index contributed by atoms with van der Waals surface area (Å²) >= 11 is 0. The molecule has 3 atom stereocenters. The van der Waals surface area contributed by atoms with Crippen LogP contribution in [-0.4, -0.2) is 21.5 Å². The number of benzene rings is 1.